The van der Waals surface area contributed by atoms with E-state index in [9.17, 15) is 35.1 Å². The SMILES string of the molecule is CCCCC/C=C\C/C=C\CCCCCCCCCCCC(=O)OCCCCCCCCCCC/C=C\C/C=C\CCCCCCCCCCCCCC(=O)NC(COC1OC(CO)C(O)C(O)C1O)C(O)/C=C/CCCCCCCCC. The summed E-state index contributed by atoms with van der Waals surface area (Å²) in [7, 11) is 0. The van der Waals surface area contributed by atoms with Crippen molar-refractivity contribution in [3.8, 4) is 0 Å². The van der Waals surface area contributed by atoms with E-state index < -0.39 is 49.5 Å². The zero-order chi connectivity index (χ0) is 60.2. The van der Waals surface area contributed by atoms with Gasteiger partial charge in [0.05, 0.1) is 32.0 Å². The first-order valence-electron chi connectivity index (χ1n) is 35.1. The first-order chi connectivity index (χ1) is 40.7. The van der Waals surface area contributed by atoms with Crippen LogP contribution in [0.2, 0.25) is 0 Å². The first-order valence-corrected chi connectivity index (χ1v) is 35.1. The average molecular weight is 1170 g/mol. The van der Waals surface area contributed by atoms with E-state index in [0.29, 0.717) is 19.4 Å². The van der Waals surface area contributed by atoms with Crippen LogP contribution in [0.25, 0.3) is 0 Å². The number of carbonyl (C=O) groups excluding carboxylic acids is 2. The number of hydrogen-bond donors (Lipinski definition) is 6. The van der Waals surface area contributed by atoms with E-state index in [0.717, 1.165) is 77.0 Å². The number of carbonyl (C=O) groups is 2. The van der Waals surface area contributed by atoms with E-state index in [1.54, 1.807) is 6.08 Å². The predicted octanol–water partition coefficient (Wildman–Crippen LogP) is 17.7. The van der Waals surface area contributed by atoms with Crippen LogP contribution in [-0.4, -0.2) is 100 Å². The molecule has 7 unspecified atom stereocenters. The predicted molar refractivity (Wildman–Crippen MR) is 347 cm³/mol. The van der Waals surface area contributed by atoms with E-state index in [1.807, 2.05) is 6.08 Å². The van der Waals surface area contributed by atoms with Crippen molar-refractivity contribution in [1.29, 1.82) is 0 Å². The van der Waals surface area contributed by atoms with Crippen LogP contribution in [0, 0.1) is 0 Å². The van der Waals surface area contributed by atoms with Gasteiger partial charge in [0.25, 0.3) is 0 Å². The van der Waals surface area contributed by atoms with Crippen LogP contribution in [0.4, 0.5) is 0 Å². The minimum Gasteiger partial charge on any atom is -0.466 e. The van der Waals surface area contributed by atoms with Gasteiger partial charge in [-0.2, -0.15) is 0 Å². The molecule has 0 aliphatic carbocycles. The maximum Gasteiger partial charge on any atom is 0.305 e. The lowest BCUT2D eigenvalue weighted by molar-refractivity contribution is -0.302. The Bertz CT molecular complexity index is 1560. The van der Waals surface area contributed by atoms with Gasteiger partial charge >= 0.3 is 5.97 Å². The molecule has 83 heavy (non-hydrogen) atoms. The highest BCUT2D eigenvalue weighted by molar-refractivity contribution is 5.76. The van der Waals surface area contributed by atoms with E-state index in [-0.39, 0.29) is 18.5 Å². The third-order valence-electron chi connectivity index (χ3n) is 16.3. The molecule has 0 aromatic heterocycles. The van der Waals surface area contributed by atoms with Crippen LogP contribution >= 0.6 is 0 Å². The number of rotatable bonds is 61. The van der Waals surface area contributed by atoms with E-state index >= 15 is 0 Å². The third kappa shape index (κ3) is 50.1. The van der Waals surface area contributed by atoms with Gasteiger partial charge in [-0.1, -0.05) is 274 Å². The van der Waals surface area contributed by atoms with E-state index in [2.05, 4.69) is 67.8 Å². The number of unbranched alkanes of at least 4 members (excludes halogenated alkanes) is 39. The van der Waals surface area contributed by atoms with Crippen molar-refractivity contribution >= 4 is 11.9 Å². The van der Waals surface area contributed by atoms with Gasteiger partial charge in [0.15, 0.2) is 6.29 Å². The molecule has 0 bridgehead atoms. The lowest BCUT2D eigenvalue weighted by atomic mass is 9.99. The molecule has 1 rings (SSSR count). The molecule has 11 heteroatoms. The van der Waals surface area contributed by atoms with Crippen molar-refractivity contribution in [2.75, 3.05) is 19.8 Å². The normalized spacial score (nSPS) is 18.5. The first kappa shape index (κ1) is 78.4. The summed E-state index contributed by atoms with van der Waals surface area (Å²) in [5.74, 6) is -0.190. The number of ether oxygens (including phenoxy) is 3. The number of hydrogen-bond acceptors (Lipinski definition) is 10. The summed E-state index contributed by atoms with van der Waals surface area (Å²) in [6, 6.07) is -0.812. The number of aliphatic hydroxyl groups excluding tert-OH is 5. The summed E-state index contributed by atoms with van der Waals surface area (Å²) in [6.45, 7) is 4.30. The molecule has 6 N–H and O–H groups in total. The lowest BCUT2D eigenvalue weighted by Gasteiger charge is -2.40. The molecule has 0 radical (unpaired) electrons. The minimum absolute atomic E-state index is 0.00302. The van der Waals surface area contributed by atoms with Crippen molar-refractivity contribution in [2.45, 2.75) is 365 Å². The molecule has 1 aliphatic heterocycles. The second-order valence-electron chi connectivity index (χ2n) is 24.2. The highest BCUT2D eigenvalue weighted by Gasteiger charge is 2.44. The molecule has 0 saturated carbocycles. The molecule has 1 amide bonds. The molecule has 7 atom stereocenters. The van der Waals surface area contributed by atoms with Crippen molar-refractivity contribution in [3.63, 3.8) is 0 Å². The zero-order valence-corrected chi connectivity index (χ0v) is 53.7. The number of aliphatic hydroxyl groups is 5. The molecular weight excluding hydrogens is 1040 g/mol. The topological polar surface area (TPSA) is 175 Å². The van der Waals surface area contributed by atoms with Gasteiger partial charge in [-0.05, 0) is 96.3 Å². The fourth-order valence-electron chi connectivity index (χ4n) is 10.8. The van der Waals surface area contributed by atoms with Gasteiger partial charge < -0.3 is 45.1 Å². The van der Waals surface area contributed by atoms with Crippen LogP contribution < -0.4 is 5.32 Å². The zero-order valence-electron chi connectivity index (χ0n) is 53.7. The molecule has 1 aliphatic rings. The maximum atomic E-state index is 13.0. The second kappa shape index (κ2) is 61.0. The fraction of sp³-hybridized carbons (Fsp3) is 0.833. The van der Waals surface area contributed by atoms with Crippen molar-refractivity contribution in [1.82, 2.24) is 5.32 Å². The second-order valence-corrected chi connectivity index (χ2v) is 24.2. The molecule has 0 aromatic carbocycles. The standard InChI is InChI=1S/C72H131NO10/c1-3-5-7-9-11-13-14-15-16-17-27-31-34-37-40-44-48-52-56-60-68(77)81-61-57-53-49-45-41-38-35-32-29-26-24-22-20-18-19-21-23-25-28-30-33-36-39-43-47-51-55-59-67(76)73-64(65(75)58-54-50-46-42-12-10-8-6-4-2)63-82-72-71(80)70(79)69(78)66(62-74)83-72/h11,13,15-16,18-19,22,24,54,58,64-66,69-72,74-75,78-80H,3-10,12,14,17,20-21,23,25-53,55-57,59-63H2,1-2H3,(H,73,76)/b13-11-,16-15-,19-18-,24-22-,58-54+. The highest BCUT2D eigenvalue weighted by atomic mass is 16.7. The molecular formula is C72H131NO10. The molecule has 1 heterocycles. The third-order valence-corrected chi connectivity index (χ3v) is 16.3. The Morgan fingerprint density at radius 1 is 0.446 bits per heavy atom. The van der Waals surface area contributed by atoms with Gasteiger partial charge in [0.2, 0.25) is 5.91 Å². The van der Waals surface area contributed by atoms with Crippen LogP contribution in [-0.2, 0) is 23.8 Å². The van der Waals surface area contributed by atoms with Crippen molar-refractivity contribution in [2.24, 2.45) is 0 Å². The van der Waals surface area contributed by atoms with E-state index in [4.69, 9.17) is 14.2 Å². The Hall–Kier alpha value is -2.64. The number of nitrogens with one attached hydrogen (secondary N) is 1. The Labute approximate surface area is 509 Å². The van der Waals surface area contributed by atoms with Gasteiger partial charge in [-0.25, -0.2) is 0 Å². The average Bonchev–Trinajstić information content (AvgIpc) is 3.54. The summed E-state index contributed by atoms with van der Waals surface area (Å²) in [5.41, 5.74) is 0. The summed E-state index contributed by atoms with van der Waals surface area (Å²) < 4.78 is 16.7. The van der Waals surface area contributed by atoms with Crippen molar-refractivity contribution < 1.29 is 49.3 Å². The molecule has 1 fully saturated rings. The smallest absolute Gasteiger partial charge is 0.305 e. The summed E-state index contributed by atoms with van der Waals surface area (Å²) in [6.07, 6.45) is 70.8. The Morgan fingerprint density at radius 3 is 1.24 bits per heavy atom. The van der Waals surface area contributed by atoms with Gasteiger partial charge in [-0.3, -0.25) is 9.59 Å². The Morgan fingerprint density at radius 2 is 0.807 bits per heavy atom. The maximum absolute atomic E-state index is 13.0. The summed E-state index contributed by atoms with van der Waals surface area (Å²) in [5, 5.41) is 54.3. The number of amides is 1. The lowest BCUT2D eigenvalue weighted by Crippen LogP contribution is -2.60. The van der Waals surface area contributed by atoms with Crippen LogP contribution in [0.15, 0.2) is 60.8 Å². The van der Waals surface area contributed by atoms with Crippen LogP contribution in [0.3, 0.4) is 0 Å². The molecule has 1 saturated heterocycles. The molecule has 0 spiro atoms. The van der Waals surface area contributed by atoms with E-state index in [1.165, 1.54) is 218 Å². The molecule has 0 aromatic rings. The number of allylic oxidation sites excluding steroid dienone is 9. The van der Waals surface area contributed by atoms with Gasteiger partial charge in [-0.15, -0.1) is 0 Å². The Kier molecular flexibility index (Phi) is 57.6. The van der Waals surface area contributed by atoms with Gasteiger partial charge in [0.1, 0.15) is 24.4 Å². The number of esters is 1. The molecule has 11 nitrogen and oxygen atoms in total. The largest absolute Gasteiger partial charge is 0.466 e. The molecule has 484 valence electrons. The van der Waals surface area contributed by atoms with Gasteiger partial charge in [0, 0.05) is 12.8 Å². The van der Waals surface area contributed by atoms with Crippen molar-refractivity contribution in [3.05, 3.63) is 60.8 Å². The van der Waals surface area contributed by atoms with Crippen LogP contribution in [0.5, 0.6) is 0 Å². The highest BCUT2D eigenvalue weighted by Crippen LogP contribution is 2.23. The Balaban J connectivity index is 1.94. The summed E-state index contributed by atoms with van der Waals surface area (Å²) >= 11 is 0. The quantitative estimate of drug-likeness (QED) is 0.0195. The minimum atomic E-state index is -1.57. The monoisotopic (exact) mass is 1170 g/mol. The van der Waals surface area contributed by atoms with Crippen LogP contribution in [0.1, 0.15) is 322 Å². The fourth-order valence-corrected chi connectivity index (χ4v) is 10.8. The summed E-state index contributed by atoms with van der Waals surface area (Å²) in [4.78, 5) is 25.1.